The van der Waals surface area contributed by atoms with Crippen LogP contribution in [-0.2, 0) is 6.42 Å². The first-order valence-electron chi connectivity index (χ1n) is 5.39. The molecule has 0 spiro atoms. The Balaban J connectivity index is 2.03. The van der Waals surface area contributed by atoms with Gasteiger partial charge in [0, 0.05) is 35.3 Å². The second-order valence-corrected chi connectivity index (χ2v) is 5.61. The molecule has 2 rings (SSSR count). The van der Waals surface area contributed by atoms with Gasteiger partial charge in [-0.2, -0.15) is 0 Å². The van der Waals surface area contributed by atoms with Crippen molar-refractivity contribution in [2.45, 2.75) is 12.5 Å². The zero-order valence-corrected chi connectivity index (χ0v) is 10.7. The van der Waals surface area contributed by atoms with Gasteiger partial charge in [0.05, 0.1) is 0 Å². The van der Waals surface area contributed by atoms with Gasteiger partial charge in [-0.15, -0.1) is 22.7 Å². The Bertz CT molecular complexity index is 381. The van der Waals surface area contributed by atoms with Crippen LogP contribution in [0.5, 0.6) is 0 Å². The molecule has 0 saturated heterocycles. The van der Waals surface area contributed by atoms with E-state index in [-0.39, 0.29) is 0 Å². The fourth-order valence-electron chi connectivity index (χ4n) is 1.65. The summed E-state index contributed by atoms with van der Waals surface area (Å²) >= 11 is 3.62. The minimum atomic E-state index is 0.405. The Morgan fingerprint density at radius 3 is 2.62 bits per heavy atom. The van der Waals surface area contributed by atoms with Crippen LogP contribution >= 0.6 is 22.7 Å². The lowest BCUT2D eigenvalue weighted by Gasteiger charge is -2.16. The van der Waals surface area contributed by atoms with Gasteiger partial charge in [-0.05, 0) is 22.9 Å². The molecule has 0 aliphatic rings. The van der Waals surface area contributed by atoms with E-state index >= 15 is 0 Å². The molecule has 0 fully saturated rings. The van der Waals surface area contributed by atoms with Crippen LogP contribution in [0.4, 0.5) is 0 Å². The van der Waals surface area contributed by atoms with Crippen LogP contribution in [0.2, 0.25) is 0 Å². The lowest BCUT2D eigenvalue weighted by atomic mass is 10.1. The van der Waals surface area contributed by atoms with E-state index in [9.17, 15) is 0 Å². The average Bonchev–Trinajstić information content (AvgIpc) is 2.96. The first-order chi connectivity index (χ1) is 7.90. The van der Waals surface area contributed by atoms with Crippen LogP contribution in [0.25, 0.3) is 0 Å². The smallest absolute Gasteiger partial charge is 0.0464 e. The van der Waals surface area contributed by atoms with Crippen LogP contribution in [-0.4, -0.2) is 13.1 Å². The molecular formula is C12H16N2S2. The zero-order valence-electron chi connectivity index (χ0n) is 9.06. The van der Waals surface area contributed by atoms with Gasteiger partial charge >= 0.3 is 0 Å². The Morgan fingerprint density at radius 1 is 1.19 bits per heavy atom. The van der Waals surface area contributed by atoms with Crippen molar-refractivity contribution in [1.82, 2.24) is 5.32 Å². The highest BCUT2D eigenvalue weighted by Gasteiger charge is 2.12. The predicted molar refractivity (Wildman–Crippen MR) is 72.1 cm³/mol. The topological polar surface area (TPSA) is 38.0 Å². The van der Waals surface area contributed by atoms with Gasteiger partial charge in [0.2, 0.25) is 0 Å². The van der Waals surface area contributed by atoms with Gasteiger partial charge < -0.3 is 11.1 Å². The molecular weight excluding hydrogens is 236 g/mol. The summed E-state index contributed by atoms with van der Waals surface area (Å²) < 4.78 is 0. The normalized spacial score (nSPS) is 12.8. The number of rotatable bonds is 6. The molecule has 0 aromatic carbocycles. The maximum Gasteiger partial charge on any atom is 0.0464 e. The van der Waals surface area contributed by atoms with Crippen molar-refractivity contribution in [3.63, 3.8) is 0 Å². The molecule has 86 valence electrons. The Hall–Kier alpha value is -0.680. The fourth-order valence-corrected chi connectivity index (χ4v) is 3.20. The highest BCUT2D eigenvalue weighted by molar-refractivity contribution is 7.10. The van der Waals surface area contributed by atoms with E-state index in [4.69, 9.17) is 5.73 Å². The molecule has 1 atom stereocenters. The first-order valence-corrected chi connectivity index (χ1v) is 7.15. The van der Waals surface area contributed by atoms with Crippen LogP contribution in [0, 0.1) is 0 Å². The minimum absolute atomic E-state index is 0.405. The van der Waals surface area contributed by atoms with Crippen molar-refractivity contribution in [3.05, 3.63) is 44.8 Å². The molecule has 2 heterocycles. The van der Waals surface area contributed by atoms with Gasteiger partial charge in [-0.1, -0.05) is 12.1 Å². The number of thiophene rings is 2. The standard InChI is InChI=1S/C12H16N2S2/c13-5-6-14-11(12-4-2-8-16-12)9-10-3-1-7-15-10/h1-4,7-8,11,14H,5-6,9,13H2. The van der Waals surface area contributed by atoms with Crippen LogP contribution < -0.4 is 11.1 Å². The lowest BCUT2D eigenvalue weighted by Crippen LogP contribution is -2.27. The van der Waals surface area contributed by atoms with E-state index in [0.29, 0.717) is 12.6 Å². The van der Waals surface area contributed by atoms with E-state index in [1.165, 1.54) is 9.75 Å². The summed E-state index contributed by atoms with van der Waals surface area (Å²) in [5.74, 6) is 0. The second kappa shape index (κ2) is 6.15. The molecule has 0 radical (unpaired) electrons. The quantitative estimate of drug-likeness (QED) is 0.829. The molecule has 2 aromatic heterocycles. The SMILES string of the molecule is NCCNC(Cc1cccs1)c1cccs1. The molecule has 0 bridgehead atoms. The summed E-state index contributed by atoms with van der Waals surface area (Å²) in [6.45, 7) is 1.56. The van der Waals surface area contributed by atoms with Gasteiger partial charge in [0.1, 0.15) is 0 Å². The van der Waals surface area contributed by atoms with Gasteiger partial charge in [0.15, 0.2) is 0 Å². The van der Waals surface area contributed by atoms with Crippen molar-refractivity contribution in [2.24, 2.45) is 5.73 Å². The highest BCUT2D eigenvalue weighted by atomic mass is 32.1. The largest absolute Gasteiger partial charge is 0.329 e. The van der Waals surface area contributed by atoms with Crippen LogP contribution in [0.3, 0.4) is 0 Å². The molecule has 2 nitrogen and oxygen atoms in total. The van der Waals surface area contributed by atoms with Crippen molar-refractivity contribution in [3.8, 4) is 0 Å². The van der Waals surface area contributed by atoms with Crippen molar-refractivity contribution in [1.29, 1.82) is 0 Å². The predicted octanol–water partition coefficient (Wildman–Crippen LogP) is 2.64. The van der Waals surface area contributed by atoms with Crippen LogP contribution in [0.1, 0.15) is 15.8 Å². The first kappa shape index (κ1) is 11.8. The number of nitrogens with two attached hydrogens (primary N) is 1. The fraction of sp³-hybridized carbons (Fsp3) is 0.333. The summed E-state index contributed by atoms with van der Waals surface area (Å²) in [6.07, 6.45) is 1.05. The molecule has 4 heteroatoms. The van der Waals surface area contributed by atoms with Crippen LogP contribution in [0.15, 0.2) is 35.0 Å². The average molecular weight is 252 g/mol. The lowest BCUT2D eigenvalue weighted by molar-refractivity contribution is 0.549. The maximum absolute atomic E-state index is 5.55. The monoisotopic (exact) mass is 252 g/mol. The molecule has 0 aliphatic carbocycles. The highest BCUT2D eigenvalue weighted by Crippen LogP contribution is 2.24. The minimum Gasteiger partial charge on any atom is -0.329 e. The number of nitrogens with one attached hydrogen (secondary N) is 1. The third kappa shape index (κ3) is 3.15. The van der Waals surface area contributed by atoms with Crippen molar-refractivity contribution in [2.75, 3.05) is 13.1 Å². The van der Waals surface area contributed by atoms with E-state index < -0.39 is 0 Å². The Labute approximate surface area is 104 Å². The molecule has 0 aliphatic heterocycles. The van der Waals surface area contributed by atoms with Crippen molar-refractivity contribution >= 4 is 22.7 Å². The summed E-state index contributed by atoms with van der Waals surface area (Å²) in [7, 11) is 0. The maximum atomic E-state index is 5.55. The van der Waals surface area contributed by atoms with E-state index in [2.05, 4.69) is 40.3 Å². The van der Waals surface area contributed by atoms with E-state index in [1.807, 2.05) is 11.3 Å². The van der Waals surface area contributed by atoms with Gasteiger partial charge in [-0.3, -0.25) is 0 Å². The summed E-state index contributed by atoms with van der Waals surface area (Å²) in [4.78, 5) is 2.81. The van der Waals surface area contributed by atoms with E-state index in [0.717, 1.165) is 13.0 Å². The molecule has 3 N–H and O–H groups in total. The van der Waals surface area contributed by atoms with Gasteiger partial charge in [-0.25, -0.2) is 0 Å². The Morgan fingerprint density at radius 2 is 2.00 bits per heavy atom. The summed E-state index contributed by atoms with van der Waals surface area (Å²) in [5.41, 5.74) is 5.55. The summed E-state index contributed by atoms with van der Waals surface area (Å²) in [6, 6.07) is 8.99. The zero-order chi connectivity index (χ0) is 11.2. The third-order valence-corrected chi connectivity index (χ3v) is 4.29. The van der Waals surface area contributed by atoms with Gasteiger partial charge in [0.25, 0.3) is 0 Å². The number of hydrogen-bond donors (Lipinski definition) is 2. The summed E-state index contributed by atoms with van der Waals surface area (Å²) in [5, 5.41) is 7.76. The third-order valence-electron chi connectivity index (χ3n) is 2.41. The molecule has 2 aromatic rings. The van der Waals surface area contributed by atoms with Crippen molar-refractivity contribution < 1.29 is 0 Å². The second-order valence-electron chi connectivity index (χ2n) is 3.59. The molecule has 16 heavy (non-hydrogen) atoms. The molecule has 0 amide bonds. The molecule has 0 saturated carbocycles. The number of hydrogen-bond acceptors (Lipinski definition) is 4. The molecule has 1 unspecified atom stereocenters. The van der Waals surface area contributed by atoms with E-state index in [1.54, 1.807) is 11.3 Å². The Kier molecular flexibility index (Phi) is 4.54.